The average Bonchev–Trinajstić information content (AvgIpc) is 3.08. The van der Waals surface area contributed by atoms with E-state index in [1.807, 2.05) is 0 Å². The first kappa shape index (κ1) is 17.5. The second kappa shape index (κ2) is 7.26. The fourth-order valence-corrected chi connectivity index (χ4v) is 2.83. The standard InChI is InChI=1S/C17H18F3N3O2/c18-17(19,20)13-11-12(14-4-6-16(24)22-21-14)3-5-15(13)25-10-9-23-7-1-2-8-23/h3-6,11H,1-2,7-10H2,(H,22,24). The van der Waals surface area contributed by atoms with Crippen LogP contribution in [0.1, 0.15) is 18.4 Å². The third-order valence-corrected chi connectivity index (χ3v) is 4.12. The largest absolute Gasteiger partial charge is 0.492 e. The number of rotatable bonds is 5. The molecular formula is C17H18F3N3O2. The van der Waals surface area contributed by atoms with Crippen molar-refractivity contribution in [2.24, 2.45) is 0 Å². The van der Waals surface area contributed by atoms with Crippen molar-refractivity contribution in [3.05, 3.63) is 46.2 Å². The summed E-state index contributed by atoms with van der Waals surface area (Å²) in [6, 6.07) is 6.39. The predicted octanol–water partition coefficient (Wildman–Crippen LogP) is 2.93. The molecule has 0 radical (unpaired) electrons. The molecule has 2 aromatic rings. The van der Waals surface area contributed by atoms with Crippen LogP contribution in [0.5, 0.6) is 5.75 Å². The lowest BCUT2D eigenvalue weighted by Gasteiger charge is -2.18. The Morgan fingerprint density at radius 3 is 2.56 bits per heavy atom. The quantitative estimate of drug-likeness (QED) is 0.898. The summed E-state index contributed by atoms with van der Waals surface area (Å²) in [5.74, 6) is -0.195. The number of H-pyrrole nitrogens is 1. The lowest BCUT2D eigenvalue weighted by molar-refractivity contribution is -0.138. The van der Waals surface area contributed by atoms with Gasteiger partial charge in [-0.3, -0.25) is 9.69 Å². The van der Waals surface area contributed by atoms with Gasteiger partial charge in [0.05, 0.1) is 11.3 Å². The summed E-state index contributed by atoms with van der Waals surface area (Å²) in [6.07, 6.45) is -2.30. The van der Waals surface area contributed by atoms with Gasteiger partial charge in [-0.1, -0.05) is 0 Å². The molecule has 1 aromatic carbocycles. The Bertz CT molecular complexity index is 763. The van der Waals surface area contributed by atoms with E-state index in [1.54, 1.807) is 0 Å². The van der Waals surface area contributed by atoms with Crippen molar-refractivity contribution in [2.75, 3.05) is 26.2 Å². The van der Waals surface area contributed by atoms with Crippen LogP contribution in [0, 0.1) is 0 Å². The van der Waals surface area contributed by atoms with Crippen LogP contribution in [-0.2, 0) is 6.18 Å². The molecule has 0 atom stereocenters. The fourth-order valence-electron chi connectivity index (χ4n) is 2.83. The van der Waals surface area contributed by atoms with Crippen molar-refractivity contribution in [2.45, 2.75) is 19.0 Å². The number of hydrogen-bond donors (Lipinski definition) is 1. The van der Waals surface area contributed by atoms with Crippen LogP contribution >= 0.6 is 0 Å². The molecule has 1 saturated heterocycles. The number of nitrogens with one attached hydrogen (secondary N) is 1. The highest BCUT2D eigenvalue weighted by atomic mass is 19.4. The number of aromatic amines is 1. The maximum absolute atomic E-state index is 13.4. The first-order valence-electron chi connectivity index (χ1n) is 8.06. The summed E-state index contributed by atoms with van der Waals surface area (Å²) < 4.78 is 45.5. The predicted molar refractivity (Wildman–Crippen MR) is 86.5 cm³/mol. The third-order valence-electron chi connectivity index (χ3n) is 4.12. The van der Waals surface area contributed by atoms with Gasteiger partial charge in [0.25, 0.3) is 5.56 Å². The number of nitrogens with zero attached hydrogens (tertiary/aromatic N) is 2. The lowest BCUT2D eigenvalue weighted by atomic mass is 10.1. The topological polar surface area (TPSA) is 58.2 Å². The molecule has 134 valence electrons. The number of alkyl halides is 3. The summed E-state index contributed by atoms with van der Waals surface area (Å²) in [4.78, 5) is 13.2. The zero-order chi connectivity index (χ0) is 17.9. The lowest BCUT2D eigenvalue weighted by Crippen LogP contribution is -2.25. The van der Waals surface area contributed by atoms with Crippen molar-refractivity contribution in [1.82, 2.24) is 15.1 Å². The van der Waals surface area contributed by atoms with E-state index < -0.39 is 17.3 Å². The van der Waals surface area contributed by atoms with E-state index in [-0.39, 0.29) is 23.6 Å². The highest BCUT2D eigenvalue weighted by Crippen LogP contribution is 2.38. The minimum atomic E-state index is -4.54. The molecule has 1 aromatic heterocycles. The van der Waals surface area contributed by atoms with Gasteiger partial charge in [-0.25, -0.2) is 5.10 Å². The number of halogens is 3. The second-order valence-corrected chi connectivity index (χ2v) is 5.91. The van der Waals surface area contributed by atoms with Crippen LogP contribution in [0.15, 0.2) is 35.1 Å². The minimum absolute atomic E-state index is 0.195. The van der Waals surface area contributed by atoms with Gasteiger partial charge in [-0.2, -0.15) is 18.3 Å². The smallest absolute Gasteiger partial charge is 0.419 e. The van der Waals surface area contributed by atoms with Gasteiger partial charge in [0.2, 0.25) is 0 Å². The Morgan fingerprint density at radius 2 is 1.92 bits per heavy atom. The molecule has 0 aliphatic carbocycles. The van der Waals surface area contributed by atoms with Crippen LogP contribution in [0.3, 0.4) is 0 Å². The molecule has 1 aliphatic heterocycles. The normalized spacial score (nSPS) is 15.5. The number of likely N-dealkylation sites (tertiary alicyclic amines) is 1. The van der Waals surface area contributed by atoms with Gasteiger partial charge >= 0.3 is 6.18 Å². The van der Waals surface area contributed by atoms with Gasteiger partial charge in [0.15, 0.2) is 0 Å². The molecule has 1 aliphatic rings. The highest BCUT2D eigenvalue weighted by Gasteiger charge is 2.35. The average molecular weight is 353 g/mol. The molecule has 0 spiro atoms. The van der Waals surface area contributed by atoms with E-state index in [2.05, 4.69) is 15.1 Å². The molecule has 0 amide bonds. The van der Waals surface area contributed by atoms with Crippen molar-refractivity contribution < 1.29 is 17.9 Å². The maximum Gasteiger partial charge on any atom is 0.419 e. The Balaban J connectivity index is 1.80. The third kappa shape index (κ3) is 4.39. The van der Waals surface area contributed by atoms with Crippen molar-refractivity contribution in [3.63, 3.8) is 0 Å². The molecule has 2 heterocycles. The number of benzene rings is 1. The first-order chi connectivity index (χ1) is 11.9. The SMILES string of the molecule is O=c1ccc(-c2ccc(OCCN3CCCC3)c(C(F)(F)F)c2)n[nH]1. The molecule has 8 heteroatoms. The molecule has 0 saturated carbocycles. The first-order valence-corrected chi connectivity index (χ1v) is 8.06. The van der Waals surface area contributed by atoms with Gasteiger partial charge in [0, 0.05) is 18.2 Å². The fraction of sp³-hybridized carbons (Fsp3) is 0.412. The van der Waals surface area contributed by atoms with Gasteiger partial charge in [0.1, 0.15) is 12.4 Å². The maximum atomic E-state index is 13.4. The van der Waals surface area contributed by atoms with Crippen molar-refractivity contribution in [3.8, 4) is 17.0 Å². The van der Waals surface area contributed by atoms with E-state index in [1.165, 1.54) is 24.3 Å². The monoisotopic (exact) mass is 353 g/mol. The van der Waals surface area contributed by atoms with E-state index in [9.17, 15) is 18.0 Å². The molecular weight excluding hydrogens is 335 g/mol. The molecule has 1 fully saturated rings. The van der Waals surface area contributed by atoms with Crippen LogP contribution in [0.4, 0.5) is 13.2 Å². The van der Waals surface area contributed by atoms with Gasteiger partial charge < -0.3 is 4.74 Å². The van der Waals surface area contributed by atoms with E-state index in [4.69, 9.17) is 4.74 Å². The van der Waals surface area contributed by atoms with E-state index in [0.717, 1.165) is 32.0 Å². The minimum Gasteiger partial charge on any atom is -0.492 e. The number of hydrogen-bond acceptors (Lipinski definition) is 4. The highest BCUT2D eigenvalue weighted by molar-refractivity contribution is 5.62. The summed E-state index contributed by atoms with van der Waals surface area (Å²) in [6.45, 7) is 2.75. The molecule has 0 bridgehead atoms. The summed E-state index contributed by atoms with van der Waals surface area (Å²) in [7, 11) is 0. The zero-order valence-corrected chi connectivity index (χ0v) is 13.5. The Morgan fingerprint density at radius 1 is 1.16 bits per heavy atom. The molecule has 3 rings (SSSR count). The summed E-state index contributed by atoms with van der Waals surface area (Å²) in [5.41, 5.74) is -0.745. The van der Waals surface area contributed by atoms with E-state index >= 15 is 0 Å². The summed E-state index contributed by atoms with van der Waals surface area (Å²) in [5, 5.41) is 5.98. The van der Waals surface area contributed by atoms with Gasteiger partial charge in [-0.05, 0) is 50.2 Å². The Hall–Kier alpha value is -2.35. The van der Waals surface area contributed by atoms with Crippen LogP contribution in [-0.4, -0.2) is 41.3 Å². The molecule has 0 unspecified atom stereocenters. The Kier molecular flexibility index (Phi) is 5.08. The second-order valence-electron chi connectivity index (χ2n) is 5.91. The van der Waals surface area contributed by atoms with Crippen molar-refractivity contribution >= 4 is 0 Å². The molecule has 1 N–H and O–H groups in total. The van der Waals surface area contributed by atoms with Crippen LogP contribution < -0.4 is 10.3 Å². The molecule has 25 heavy (non-hydrogen) atoms. The Labute approximate surface area is 142 Å². The number of ether oxygens (including phenoxy) is 1. The summed E-state index contributed by atoms with van der Waals surface area (Å²) >= 11 is 0. The molecule has 5 nitrogen and oxygen atoms in total. The van der Waals surface area contributed by atoms with Gasteiger partial charge in [-0.15, -0.1) is 0 Å². The van der Waals surface area contributed by atoms with Crippen LogP contribution in [0.2, 0.25) is 0 Å². The van der Waals surface area contributed by atoms with Crippen molar-refractivity contribution in [1.29, 1.82) is 0 Å². The number of aromatic nitrogens is 2. The zero-order valence-electron chi connectivity index (χ0n) is 13.5. The van der Waals surface area contributed by atoms with Crippen LogP contribution in [0.25, 0.3) is 11.3 Å². The van der Waals surface area contributed by atoms with E-state index in [0.29, 0.717) is 6.54 Å².